The third kappa shape index (κ3) is 1.64. The number of aliphatic hydroxyl groups excluding tert-OH is 1. The summed E-state index contributed by atoms with van der Waals surface area (Å²) in [4.78, 5) is 0.0267. The minimum absolute atomic E-state index is 0.0267. The Morgan fingerprint density at radius 2 is 2.12 bits per heavy atom. The Bertz CT molecular complexity index is 534. The minimum atomic E-state index is -3.44. The van der Waals surface area contributed by atoms with E-state index < -0.39 is 21.6 Å². The summed E-state index contributed by atoms with van der Waals surface area (Å²) < 4.78 is 37.0. The second-order valence-corrected chi connectivity index (χ2v) is 6.44. The number of hydrogen-bond donors (Lipinski definition) is 1. The largest absolute Gasteiger partial charge is 0.385 e. The molecule has 0 spiro atoms. The van der Waals surface area contributed by atoms with Gasteiger partial charge >= 0.3 is 0 Å². The summed E-state index contributed by atoms with van der Waals surface area (Å²) in [5.74, 6) is 0. The number of alkyl halides is 1. The molecule has 0 heterocycles. The molecule has 2 atom stereocenters. The molecule has 2 rings (SSSR count). The average Bonchev–Trinajstić information content (AvgIpc) is 2.36. The summed E-state index contributed by atoms with van der Waals surface area (Å²) in [5, 5.41) is 9.81. The molecule has 3 nitrogen and oxygen atoms in total. The van der Waals surface area contributed by atoms with Crippen molar-refractivity contribution in [1.29, 1.82) is 0 Å². The molecular formula is C11H13FO3S. The Hall–Kier alpha value is -0.940. The van der Waals surface area contributed by atoms with Gasteiger partial charge in [0.1, 0.15) is 11.8 Å². The van der Waals surface area contributed by atoms with E-state index in [-0.39, 0.29) is 16.9 Å². The molecule has 0 aliphatic heterocycles. The molecule has 0 fully saturated rings. The van der Waals surface area contributed by atoms with E-state index in [1.165, 1.54) is 13.0 Å². The van der Waals surface area contributed by atoms with Gasteiger partial charge in [-0.15, -0.1) is 0 Å². The van der Waals surface area contributed by atoms with E-state index in [4.69, 9.17) is 0 Å². The van der Waals surface area contributed by atoms with E-state index in [0.717, 1.165) is 6.26 Å². The highest BCUT2D eigenvalue weighted by Gasteiger charge is 2.44. The van der Waals surface area contributed by atoms with Crippen LogP contribution >= 0.6 is 0 Å². The fourth-order valence-electron chi connectivity index (χ4n) is 2.15. The van der Waals surface area contributed by atoms with Crippen molar-refractivity contribution in [2.75, 3.05) is 6.26 Å². The maximum Gasteiger partial charge on any atom is 0.175 e. The molecule has 88 valence electrons. The van der Waals surface area contributed by atoms with Gasteiger partial charge in [-0.05, 0) is 18.6 Å². The zero-order valence-corrected chi connectivity index (χ0v) is 9.88. The number of benzene rings is 1. The van der Waals surface area contributed by atoms with E-state index in [1.54, 1.807) is 12.1 Å². The lowest BCUT2D eigenvalue weighted by Gasteiger charge is -2.18. The molecule has 0 saturated heterocycles. The molecule has 16 heavy (non-hydrogen) atoms. The van der Waals surface area contributed by atoms with Crippen molar-refractivity contribution in [3.05, 3.63) is 29.3 Å². The lowest BCUT2D eigenvalue weighted by molar-refractivity contribution is 0.0166. The molecule has 5 heteroatoms. The van der Waals surface area contributed by atoms with Crippen LogP contribution in [0, 0.1) is 0 Å². The lowest BCUT2D eigenvalue weighted by atomic mass is 10.0. The Morgan fingerprint density at radius 1 is 1.50 bits per heavy atom. The molecular weight excluding hydrogens is 231 g/mol. The highest BCUT2D eigenvalue weighted by atomic mass is 32.2. The number of hydrogen-bond acceptors (Lipinski definition) is 3. The molecule has 0 unspecified atom stereocenters. The molecule has 0 saturated carbocycles. The Balaban J connectivity index is 2.70. The first-order chi connectivity index (χ1) is 7.23. The Morgan fingerprint density at radius 3 is 2.69 bits per heavy atom. The van der Waals surface area contributed by atoms with Crippen LogP contribution in [0.2, 0.25) is 0 Å². The van der Waals surface area contributed by atoms with Crippen LogP contribution in [0.3, 0.4) is 0 Å². The smallest absolute Gasteiger partial charge is 0.175 e. The third-order valence-corrected chi connectivity index (χ3v) is 4.09. The number of aliphatic hydroxyl groups is 1. The Labute approximate surface area is 93.8 Å². The van der Waals surface area contributed by atoms with Gasteiger partial charge in [-0.3, -0.25) is 0 Å². The molecule has 1 aliphatic carbocycles. The molecule has 1 aromatic carbocycles. The van der Waals surface area contributed by atoms with E-state index in [0.29, 0.717) is 5.56 Å². The number of fused-ring (bicyclic) bond motifs is 1. The van der Waals surface area contributed by atoms with Crippen molar-refractivity contribution in [2.24, 2.45) is 0 Å². The number of rotatable bonds is 1. The highest BCUT2D eigenvalue weighted by Crippen LogP contribution is 2.44. The first kappa shape index (κ1) is 11.5. The van der Waals surface area contributed by atoms with Crippen molar-refractivity contribution in [2.45, 2.75) is 30.0 Å². The maximum absolute atomic E-state index is 13.9. The standard InChI is InChI=1S/C11H13FO3S/c1-11(12)6-7-4-3-5-8(16(2,14)15)9(7)10(11)13/h3-5,10,13H,6H2,1-2H3/t10-,11+/m0/s1. The first-order valence-corrected chi connectivity index (χ1v) is 6.81. The molecule has 0 aromatic heterocycles. The van der Waals surface area contributed by atoms with Gasteiger partial charge in [0.2, 0.25) is 0 Å². The summed E-state index contributed by atoms with van der Waals surface area (Å²) in [6.07, 6.45) is -0.260. The summed E-state index contributed by atoms with van der Waals surface area (Å²) in [6, 6.07) is 4.63. The van der Waals surface area contributed by atoms with Gasteiger partial charge in [-0.2, -0.15) is 0 Å². The quantitative estimate of drug-likeness (QED) is 0.812. The summed E-state index contributed by atoms with van der Waals surface area (Å²) in [5.41, 5.74) is -1.00. The molecule has 1 aliphatic rings. The summed E-state index contributed by atoms with van der Waals surface area (Å²) >= 11 is 0. The van der Waals surface area contributed by atoms with Crippen LogP contribution in [0.1, 0.15) is 24.2 Å². The second kappa shape index (κ2) is 3.28. The maximum atomic E-state index is 13.9. The van der Waals surface area contributed by atoms with Gasteiger partial charge in [0.15, 0.2) is 9.84 Å². The van der Waals surface area contributed by atoms with Crippen molar-refractivity contribution in [1.82, 2.24) is 0 Å². The van der Waals surface area contributed by atoms with E-state index >= 15 is 0 Å². The van der Waals surface area contributed by atoms with E-state index in [1.807, 2.05) is 0 Å². The number of sulfone groups is 1. The van der Waals surface area contributed by atoms with Crippen molar-refractivity contribution in [3.63, 3.8) is 0 Å². The Kier molecular flexibility index (Phi) is 2.36. The van der Waals surface area contributed by atoms with Crippen molar-refractivity contribution >= 4 is 9.84 Å². The van der Waals surface area contributed by atoms with Gasteiger partial charge < -0.3 is 5.11 Å². The van der Waals surface area contributed by atoms with Crippen molar-refractivity contribution in [3.8, 4) is 0 Å². The van der Waals surface area contributed by atoms with Crippen LogP contribution in [-0.2, 0) is 16.3 Å². The van der Waals surface area contributed by atoms with Gasteiger partial charge in [0, 0.05) is 18.2 Å². The highest BCUT2D eigenvalue weighted by molar-refractivity contribution is 7.90. The first-order valence-electron chi connectivity index (χ1n) is 4.92. The minimum Gasteiger partial charge on any atom is -0.385 e. The van der Waals surface area contributed by atoms with Crippen molar-refractivity contribution < 1.29 is 17.9 Å². The van der Waals surface area contributed by atoms with Gasteiger partial charge in [-0.1, -0.05) is 12.1 Å². The molecule has 1 N–H and O–H groups in total. The normalized spacial score (nSPS) is 29.1. The van der Waals surface area contributed by atoms with Crippen LogP contribution < -0.4 is 0 Å². The van der Waals surface area contributed by atoms with Gasteiger partial charge in [-0.25, -0.2) is 12.8 Å². The topological polar surface area (TPSA) is 54.4 Å². The van der Waals surface area contributed by atoms with Gasteiger partial charge in [0.25, 0.3) is 0 Å². The predicted octanol–water partition coefficient (Wildman–Crippen LogP) is 1.41. The van der Waals surface area contributed by atoms with Crippen LogP contribution in [0.25, 0.3) is 0 Å². The fourth-order valence-corrected chi connectivity index (χ4v) is 3.12. The average molecular weight is 244 g/mol. The molecule has 0 radical (unpaired) electrons. The second-order valence-electron chi connectivity index (χ2n) is 4.46. The zero-order valence-electron chi connectivity index (χ0n) is 9.07. The fraction of sp³-hybridized carbons (Fsp3) is 0.455. The third-order valence-electron chi connectivity index (χ3n) is 2.94. The summed E-state index contributed by atoms with van der Waals surface area (Å²) in [6.45, 7) is 1.28. The SMILES string of the molecule is C[C@@]1(F)Cc2cccc(S(C)(=O)=O)c2[C@@H]1O. The lowest BCUT2D eigenvalue weighted by Crippen LogP contribution is -2.24. The van der Waals surface area contributed by atoms with E-state index in [9.17, 15) is 17.9 Å². The monoisotopic (exact) mass is 244 g/mol. The zero-order chi connectivity index (χ0) is 12.1. The van der Waals surface area contributed by atoms with E-state index in [2.05, 4.69) is 0 Å². The summed E-state index contributed by atoms with van der Waals surface area (Å²) in [7, 11) is -3.44. The molecule has 1 aromatic rings. The number of halogens is 1. The van der Waals surface area contributed by atoms with Crippen LogP contribution in [0.15, 0.2) is 23.1 Å². The van der Waals surface area contributed by atoms with Gasteiger partial charge in [0.05, 0.1) is 4.90 Å². The van der Waals surface area contributed by atoms with Crippen LogP contribution in [0.5, 0.6) is 0 Å². The molecule has 0 amide bonds. The molecule has 0 bridgehead atoms. The van der Waals surface area contributed by atoms with Crippen LogP contribution in [-0.4, -0.2) is 25.4 Å². The van der Waals surface area contributed by atoms with Crippen LogP contribution in [0.4, 0.5) is 4.39 Å². The predicted molar refractivity (Wildman–Crippen MR) is 57.7 cm³/mol.